The van der Waals surface area contributed by atoms with E-state index in [4.69, 9.17) is 5.73 Å². The normalized spacial score (nSPS) is 14.3. The summed E-state index contributed by atoms with van der Waals surface area (Å²) in [5, 5.41) is 0. The Morgan fingerprint density at radius 1 is 1.31 bits per heavy atom. The van der Waals surface area contributed by atoms with Crippen molar-refractivity contribution in [1.82, 2.24) is 0 Å². The molecule has 0 unspecified atom stereocenters. The molecular weight excluding hydrogens is 158 g/mol. The van der Waals surface area contributed by atoms with E-state index in [1.54, 1.807) is 0 Å². The highest BCUT2D eigenvalue weighted by Crippen LogP contribution is 2.29. The maximum Gasteiger partial charge on any atom is 0.0349 e. The van der Waals surface area contributed by atoms with Gasteiger partial charge in [0.15, 0.2) is 0 Å². The molecule has 1 aromatic carbocycles. The van der Waals surface area contributed by atoms with Crippen LogP contribution in [-0.2, 0) is 6.42 Å². The molecule has 0 heterocycles. The number of hydrogen-bond donors (Lipinski definition) is 1. The molecule has 1 heteroatoms. The Morgan fingerprint density at radius 2 is 2.08 bits per heavy atom. The summed E-state index contributed by atoms with van der Waals surface area (Å²) in [5.41, 5.74) is 12.3. The van der Waals surface area contributed by atoms with Crippen LogP contribution in [0.4, 0.5) is 5.69 Å². The molecule has 1 aliphatic carbocycles. The molecule has 0 aromatic heterocycles. The van der Waals surface area contributed by atoms with Gasteiger partial charge < -0.3 is 5.73 Å². The summed E-state index contributed by atoms with van der Waals surface area (Å²) in [6.45, 7) is 4.25. The summed E-state index contributed by atoms with van der Waals surface area (Å²) in [5.74, 6) is 0. The number of anilines is 1. The number of aryl methyl sites for hydroxylation is 1. The molecule has 0 aliphatic heterocycles. The van der Waals surface area contributed by atoms with Gasteiger partial charge in [0.05, 0.1) is 0 Å². The number of allylic oxidation sites excluding steroid dienone is 1. The Labute approximate surface area is 79.3 Å². The molecule has 0 saturated carbocycles. The first-order chi connectivity index (χ1) is 6.20. The highest BCUT2D eigenvalue weighted by molar-refractivity contribution is 5.67. The van der Waals surface area contributed by atoms with Gasteiger partial charge >= 0.3 is 0 Å². The van der Waals surface area contributed by atoms with Gasteiger partial charge in [-0.2, -0.15) is 0 Å². The van der Waals surface area contributed by atoms with Crippen molar-refractivity contribution in [2.24, 2.45) is 0 Å². The molecule has 0 bridgehead atoms. The number of hydrogen-bond acceptors (Lipinski definition) is 1. The average molecular weight is 173 g/mol. The van der Waals surface area contributed by atoms with Crippen LogP contribution in [0.5, 0.6) is 0 Å². The zero-order valence-corrected chi connectivity index (χ0v) is 8.22. The van der Waals surface area contributed by atoms with Crippen molar-refractivity contribution in [3.63, 3.8) is 0 Å². The number of rotatable bonds is 0. The summed E-state index contributed by atoms with van der Waals surface area (Å²) in [7, 11) is 0. The predicted molar refractivity (Wildman–Crippen MR) is 57.7 cm³/mol. The van der Waals surface area contributed by atoms with Gasteiger partial charge in [0, 0.05) is 5.69 Å². The Morgan fingerprint density at radius 3 is 2.85 bits per heavy atom. The lowest BCUT2D eigenvalue weighted by molar-refractivity contribution is 0.967. The Balaban J connectivity index is 2.71. The SMILES string of the molecule is Cc1cc(N)c(C)c2c1C=CCC2. The number of benzene rings is 1. The summed E-state index contributed by atoms with van der Waals surface area (Å²) >= 11 is 0. The minimum atomic E-state index is 0.937. The fourth-order valence-corrected chi connectivity index (χ4v) is 2.02. The van der Waals surface area contributed by atoms with E-state index in [-0.39, 0.29) is 0 Å². The van der Waals surface area contributed by atoms with Gasteiger partial charge in [-0.25, -0.2) is 0 Å². The Hall–Kier alpha value is -1.24. The van der Waals surface area contributed by atoms with Crippen LogP contribution in [0, 0.1) is 13.8 Å². The van der Waals surface area contributed by atoms with E-state index in [0.29, 0.717) is 0 Å². The fraction of sp³-hybridized carbons (Fsp3) is 0.333. The Kier molecular flexibility index (Phi) is 1.87. The zero-order valence-electron chi connectivity index (χ0n) is 8.22. The van der Waals surface area contributed by atoms with Gasteiger partial charge in [-0.1, -0.05) is 12.2 Å². The molecular formula is C12H15N. The van der Waals surface area contributed by atoms with Gasteiger partial charge in [-0.3, -0.25) is 0 Å². The molecule has 1 nitrogen and oxygen atoms in total. The van der Waals surface area contributed by atoms with Crippen molar-refractivity contribution in [3.8, 4) is 0 Å². The standard InChI is InChI=1S/C12H15N/c1-8-7-12(13)9(2)11-6-4-3-5-10(8)11/h3,5,7H,4,6,13H2,1-2H3. The lowest BCUT2D eigenvalue weighted by Crippen LogP contribution is -2.03. The second kappa shape index (κ2) is 2.91. The van der Waals surface area contributed by atoms with Crippen LogP contribution >= 0.6 is 0 Å². The zero-order chi connectivity index (χ0) is 9.42. The monoisotopic (exact) mass is 173 g/mol. The number of fused-ring (bicyclic) bond motifs is 1. The lowest BCUT2D eigenvalue weighted by atomic mass is 9.89. The first-order valence-corrected chi connectivity index (χ1v) is 4.75. The molecule has 2 rings (SSSR count). The number of nitrogens with two attached hydrogens (primary N) is 1. The molecule has 0 atom stereocenters. The summed E-state index contributed by atoms with van der Waals surface area (Å²) in [4.78, 5) is 0. The Bertz CT molecular complexity index is 375. The van der Waals surface area contributed by atoms with E-state index < -0.39 is 0 Å². The van der Waals surface area contributed by atoms with Crippen LogP contribution in [0.1, 0.15) is 28.7 Å². The van der Waals surface area contributed by atoms with Crippen LogP contribution < -0.4 is 5.73 Å². The second-order valence-electron chi connectivity index (χ2n) is 3.74. The molecule has 2 N–H and O–H groups in total. The van der Waals surface area contributed by atoms with Crippen molar-refractivity contribution < 1.29 is 0 Å². The van der Waals surface area contributed by atoms with E-state index >= 15 is 0 Å². The molecule has 0 amide bonds. The first-order valence-electron chi connectivity index (χ1n) is 4.75. The minimum Gasteiger partial charge on any atom is -0.398 e. The number of nitrogen functional groups attached to an aromatic ring is 1. The van der Waals surface area contributed by atoms with Gasteiger partial charge in [-0.05, 0) is 55.0 Å². The van der Waals surface area contributed by atoms with Crippen molar-refractivity contribution in [1.29, 1.82) is 0 Å². The van der Waals surface area contributed by atoms with Crippen LogP contribution in [0.2, 0.25) is 0 Å². The van der Waals surface area contributed by atoms with Gasteiger partial charge in [0.2, 0.25) is 0 Å². The molecule has 68 valence electrons. The first kappa shape index (κ1) is 8.36. The molecule has 0 fully saturated rings. The average Bonchev–Trinajstić information content (AvgIpc) is 2.15. The molecule has 1 aromatic rings. The predicted octanol–water partition coefficient (Wildman–Crippen LogP) is 2.85. The van der Waals surface area contributed by atoms with Crippen molar-refractivity contribution in [3.05, 3.63) is 34.4 Å². The van der Waals surface area contributed by atoms with Crippen molar-refractivity contribution >= 4 is 11.8 Å². The van der Waals surface area contributed by atoms with Crippen molar-refractivity contribution in [2.45, 2.75) is 26.7 Å². The van der Waals surface area contributed by atoms with Crippen LogP contribution in [-0.4, -0.2) is 0 Å². The highest BCUT2D eigenvalue weighted by Gasteiger charge is 2.11. The molecule has 0 saturated heterocycles. The summed E-state index contributed by atoms with van der Waals surface area (Å²) < 4.78 is 0. The third-order valence-corrected chi connectivity index (χ3v) is 2.85. The van der Waals surface area contributed by atoms with E-state index in [0.717, 1.165) is 18.5 Å². The maximum absolute atomic E-state index is 5.92. The second-order valence-corrected chi connectivity index (χ2v) is 3.74. The minimum absolute atomic E-state index is 0.937. The molecule has 13 heavy (non-hydrogen) atoms. The lowest BCUT2D eigenvalue weighted by Gasteiger charge is -2.17. The van der Waals surface area contributed by atoms with Crippen LogP contribution in [0.25, 0.3) is 6.08 Å². The quantitative estimate of drug-likeness (QED) is 0.600. The van der Waals surface area contributed by atoms with Crippen molar-refractivity contribution in [2.75, 3.05) is 5.73 Å². The fourth-order valence-electron chi connectivity index (χ4n) is 2.02. The molecule has 0 spiro atoms. The largest absolute Gasteiger partial charge is 0.398 e. The van der Waals surface area contributed by atoms with Gasteiger partial charge in [0.1, 0.15) is 0 Å². The highest BCUT2D eigenvalue weighted by atomic mass is 14.6. The van der Waals surface area contributed by atoms with Gasteiger partial charge in [0.25, 0.3) is 0 Å². The van der Waals surface area contributed by atoms with Gasteiger partial charge in [-0.15, -0.1) is 0 Å². The van der Waals surface area contributed by atoms with E-state index in [1.807, 2.05) is 0 Å². The topological polar surface area (TPSA) is 26.0 Å². The van der Waals surface area contributed by atoms with E-state index in [1.165, 1.54) is 22.3 Å². The van der Waals surface area contributed by atoms with E-state index in [2.05, 4.69) is 32.1 Å². The molecule has 0 radical (unpaired) electrons. The molecule has 1 aliphatic rings. The maximum atomic E-state index is 5.92. The summed E-state index contributed by atoms with van der Waals surface area (Å²) in [6.07, 6.45) is 6.76. The third kappa shape index (κ3) is 1.24. The third-order valence-electron chi connectivity index (χ3n) is 2.85. The van der Waals surface area contributed by atoms with Crippen LogP contribution in [0.15, 0.2) is 12.1 Å². The summed E-state index contributed by atoms with van der Waals surface area (Å²) in [6, 6.07) is 2.07. The smallest absolute Gasteiger partial charge is 0.0349 e. The van der Waals surface area contributed by atoms with E-state index in [9.17, 15) is 0 Å². The van der Waals surface area contributed by atoms with Crippen LogP contribution in [0.3, 0.4) is 0 Å².